The van der Waals surface area contributed by atoms with Crippen LogP contribution in [-0.4, -0.2) is 11.4 Å². The highest BCUT2D eigenvalue weighted by atomic mass is 16.5. The Bertz CT molecular complexity index is 815. The molecule has 3 heteroatoms. The first kappa shape index (κ1) is 19.3. The number of hydrogen-bond donors (Lipinski definition) is 1. The third kappa shape index (κ3) is 2.98. The third-order valence-corrected chi connectivity index (χ3v) is 9.70. The van der Waals surface area contributed by atoms with E-state index in [1.165, 1.54) is 55.2 Å². The van der Waals surface area contributed by atoms with Gasteiger partial charge in [0.15, 0.2) is 0 Å². The van der Waals surface area contributed by atoms with Gasteiger partial charge in [-0.05, 0) is 111 Å². The van der Waals surface area contributed by atoms with Gasteiger partial charge in [-0.2, -0.15) is 0 Å². The van der Waals surface area contributed by atoms with Crippen molar-refractivity contribution in [3.8, 4) is 0 Å². The lowest BCUT2D eigenvalue weighted by Crippen LogP contribution is -2.61. The van der Waals surface area contributed by atoms with Crippen LogP contribution in [0.25, 0.3) is 0 Å². The molecule has 0 radical (unpaired) electrons. The summed E-state index contributed by atoms with van der Waals surface area (Å²) in [5.74, 6) is 3.58. The summed E-state index contributed by atoms with van der Waals surface area (Å²) in [6.45, 7) is 5.17. The Labute approximate surface area is 181 Å². The van der Waals surface area contributed by atoms with Crippen LogP contribution in [0.4, 0.5) is 0 Å². The Balaban J connectivity index is 1.12. The van der Waals surface area contributed by atoms with E-state index in [4.69, 9.17) is 4.74 Å². The molecule has 5 saturated carbocycles. The van der Waals surface area contributed by atoms with Crippen LogP contribution in [0.15, 0.2) is 18.2 Å². The van der Waals surface area contributed by atoms with Gasteiger partial charge in [-0.25, -0.2) is 0 Å². The summed E-state index contributed by atoms with van der Waals surface area (Å²) in [5.41, 5.74) is 4.25. The van der Waals surface area contributed by atoms with Crippen molar-refractivity contribution in [3.63, 3.8) is 0 Å². The molecule has 1 aliphatic heterocycles. The van der Waals surface area contributed by atoms with E-state index >= 15 is 0 Å². The van der Waals surface area contributed by atoms with Gasteiger partial charge in [0.05, 0.1) is 12.2 Å². The highest BCUT2D eigenvalue weighted by Gasteiger charge is 2.52. The molecule has 5 fully saturated rings. The zero-order valence-corrected chi connectivity index (χ0v) is 18.7. The first-order valence-corrected chi connectivity index (χ1v) is 12.5. The molecule has 162 valence electrons. The molecule has 0 saturated heterocycles. The predicted molar refractivity (Wildman–Crippen MR) is 118 cm³/mol. The number of ether oxygens (including phenoxy) is 1. The minimum absolute atomic E-state index is 0.0900. The van der Waals surface area contributed by atoms with Crippen molar-refractivity contribution in [1.82, 2.24) is 5.32 Å². The number of hydrogen-bond acceptors (Lipinski definition) is 2. The van der Waals surface area contributed by atoms with Crippen molar-refractivity contribution in [1.29, 1.82) is 0 Å². The number of carbonyl (C=O) groups excluding carboxylic acids is 1. The molecular weight excluding hydrogens is 370 g/mol. The first-order chi connectivity index (χ1) is 14.5. The second kappa shape index (κ2) is 6.82. The molecular formula is C27H37NO2. The van der Waals surface area contributed by atoms with E-state index in [-0.39, 0.29) is 17.1 Å². The summed E-state index contributed by atoms with van der Waals surface area (Å²) < 4.78 is 6.41. The Hall–Kier alpha value is -1.35. The molecule has 1 heterocycles. The fraction of sp³-hybridized carbons (Fsp3) is 0.741. The number of fused-ring (bicyclic) bond motifs is 2. The molecule has 1 spiro atoms. The van der Waals surface area contributed by atoms with E-state index in [9.17, 15) is 4.79 Å². The van der Waals surface area contributed by atoms with Crippen LogP contribution >= 0.6 is 0 Å². The summed E-state index contributed by atoms with van der Waals surface area (Å²) in [7, 11) is 0. The van der Waals surface area contributed by atoms with E-state index in [1.807, 2.05) is 0 Å². The molecule has 30 heavy (non-hydrogen) atoms. The zero-order chi connectivity index (χ0) is 20.5. The van der Waals surface area contributed by atoms with E-state index in [1.54, 1.807) is 0 Å². The van der Waals surface area contributed by atoms with Crippen LogP contribution < -0.4 is 5.32 Å². The van der Waals surface area contributed by atoms with E-state index in [0.29, 0.717) is 11.8 Å². The molecule has 1 N–H and O–H groups in total. The maximum atomic E-state index is 13.3. The second-order valence-corrected chi connectivity index (χ2v) is 11.7. The molecule has 1 amide bonds. The van der Waals surface area contributed by atoms with Crippen LogP contribution in [0.2, 0.25) is 0 Å². The molecule has 7 rings (SSSR count). The maximum absolute atomic E-state index is 13.3. The summed E-state index contributed by atoms with van der Waals surface area (Å²) in [6.07, 6.45) is 12.3. The molecule has 4 bridgehead atoms. The van der Waals surface area contributed by atoms with Crippen LogP contribution in [0.5, 0.6) is 0 Å². The van der Waals surface area contributed by atoms with E-state index in [2.05, 4.69) is 37.4 Å². The van der Waals surface area contributed by atoms with Crippen molar-refractivity contribution in [2.45, 2.75) is 95.8 Å². The standard InChI is InChI=1S/C27H37NO2/c1-17-4-3-5-23-16-30-27(24(17)23)8-6-22(7-9-27)18(2)25(29)28-26-13-19-10-20(14-26)12-21(11-19)15-26/h3-5,18-22H,6-16H2,1-2H3,(H,28,29)/t18?,19?,20?,21?,22-,26?,27+. The largest absolute Gasteiger partial charge is 0.366 e. The van der Waals surface area contributed by atoms with Crippen molar-refractivity contribution < 1.29 is 9.53 Å². The van der Waals surface area contributed by atoms with Crippen molar-refractivity contribution in [3.05, 3.63) is 34.9 Å². The average Bonchev–Trinajstić information content (AvgIpc) is 3.06. The summed E-state index contributed by atoms with van der Waals surface area (Å²) in [6, 6.07) is 6.60. The topological polar surface area (TPSA) is 38.3 Å². The van der Waals surface area contributed by atoms with Gasteiger partial charge < -0.3 is 10.1 Å². The SMILES string of the molecule is Cc1cccc2c1[C@]1(CC[C@H](C(C)C(=O)NC34CC5CC(CC(C5)C3)C4)CC1)OC2. The number of nitrogens with one attached hydrogen (secondary N) is 1. The van der Waals surface area contributed by atoms with Gasteiger partial charge in [-0.1, -0.05) is 25.1 Å². The van der Waals surface area contributed by atoms with Crippen molar-refractivity contribution >= 4 is 5.91 Å². The first-order valence-electron chi connectivity index (χ1n) is 12.5. The van der Waals surface area contributed by atoms with Gasteiger partial charge in [0, 0.05) is 11.5 Å². The lowest BCUT2D eigenvalue weighted by atomic mass is 9.53. The highest BCUT2D eigenvalue weighted by molar-refractivity contribution is 5.79. The molecule has 1 unspecified atom stereocenters. The van der Waals surface area contributed by atoms with Crippen LogP contribution in [-0.2, 0) is 21.7 Å². The number of rotatable bonds is 3. The average molecular weight is 408 g/mol. The molecule has 1 atom stereocenters. The lowest BCUT2D eigenvalue weighted by molar-refractivity contribution is -0.134. The molecule has 1 aromatic carbocycles. The Morgan fingerprint density at radius 3 is 2.33 bits per heavy atom. The fourth-order valence-corrected chi connectivity index (χ4v) is 8.64. The molecule has 3 nitrogen and oxygen atoms in total. The highest BCUT2D eigenvalue weighted by Crippen LogP contribution is 2.56. The summed E-state index contributed by atoms with van der Waals surface area (Å²) >= 11 is 0. The van der Waals surface area contributed by atoms with Gasteiger partial charge in [0.2, 0.25) is 5.91 Å². The summed E-state index contributed by atoms with van der Waals surface area (Å²) in [5, 5.41) is 3.64. The smallest absolute Gasteiger partial charge is 0.223 e. The van der Waals surface area contributed by atoms with Gasteiger partial charge in [0.25, 0.3) is 0 Å². The van der Waals surface area contributed by atoms with Gasteiger partial charge in [-0.15, -0.1) is 0 Å². The molecule has 5 aliphatic carbocycles. The van der Waals surface area contributed by atoms with Gasteiger partial charge >= 0.3 is 0 Å². The quantitative estimate of drug-likeness (QED) is 0.705. The number of amides is 1. The fourth-order valence-electron chi connectivity index (χ4n) is 8.64. The number of carbonyl (C=O) groups is 1. The molecule has 1 aromatic rings. The minimum atomic E-state index is -0.0900. The minimum Gasteiger partial charge on any atom is -0.366 e. The number of benzene rings is 1. The van der Waals surface area contributed by atoms with Gasteiger partial charge in [0.1, 0.15) is 0 Å². The summed E-state index contributed by atoms with van der Waals surface area (Å²) in [4.78, 5) is 13.3. The zero-order valence-electron chi connectivity index (χ0n) is 18.7. The Kier molecular flexibility index (Phi) is 4.40. The maximum Gasteiger partial charge on any atom is 0.223 e. The predicted octanol–water partition coefficient (Wildman–Crippen LogP) is 5.63. The van der Waals surface area contributed by atoms with E-state index in [0.717, 1.165) is 50.0 Å². The van der Waals surface area contributed by atoms with Gasteiger partial charge in [-0.3, -0.25) is 4.79 Å². The van der Waals surface area contributed by atoms with Crippen LogP contribution in [0.3, 0.4) is 0 Å². The Morgan fingerprint density at radius 1 is 1.07 bits per heavy atom. The van der Waals surface area contributed by atoms with E-state index < -0.39 is 0 Å². The monoisotopic (exact) mass is 407 g/mol. The van der Waals surface area contributed by atoms with Crippen molar-refractivity contribution in [2.24, 2.45) is 29.6 Å². The lowest BCUT2D eigenvalue weighted by Gasteiger charge is -2.57. The third-order valence-electron chi connectivity index (χ3n) is 9.70. The van der Waals surface area contributed by atoms with Crippen LogP contribution in [0, 0.1) is 36.5 Å². The Morgan fingerprint density at radius 2 is 1.70 bits per heavy atom. The second-order valence-electron chi connectivity index (χ2n) is 11.7. The molecule has 6 aliphatic rings. The molecule has 0 aromatic heterocycles. The number of aryl methyl sites for hydroxylation is 1. The van der Waals surface area contributed by atoms with Crippen molar-refractivity contribution in [2.75, 3.05) is 0 Å². The normalized spacial score (nSPS) is 42.3. The van der Waals surface area contributed by atoms with Crippen LogP contribution in [0.1, 0.15) is 87.8 Å².